The number of nitrogens with zero attached hydrogens (tertiary/aromatic N) is 3. The summed E-state index contributed by atoms with van der Waals surface area (Å²) < 4.78 is 5.63. The van der Waals surface area contributed by atoms with E-state index in [-0.39, 0.29) is 11.5 Å². The Bertz CT molecular complexity index is 975. The van der Waals surface area contributed by atoms with Crippen molar-refractivity contribution in [3.8, 4) is 0 Å². The van der Waals surface area contributed by atoms with Gasteiger partial charge < -0.3 is 4.74 Å². The average molecular weight is 542 g/mol. The first kappa shape index (κ1) is 33.6. The van der Waals surface area contributed by atoms with Gasteiger partial charge in [0.15, 0.2) is 0 Å². The van der Waals surface area contributed by atoms with E-state index in [1.807, 2.05) is 26.0 Å². The Morgan fingerprint density at radius 3 is 2.34 bits per heavy atom. The highest BCUT2D eigenvalue weighted by Crippen LogP contribution is 2.38. The maximum Gasteiger partial charge on any atom is 0.414 e. The lowest BCUT2D eigenvalue weighted by atomic mass is 9.77. The third-order valence-electron chi connectivity index (χ3n) is 6.43. The molecule has 2 aliphatic heterocycles. The SMILES string of the molecule is C=C/C=C\C(=C/CC)N1CC2(CCN(Cc3sc(C)nc3C)CC2)COC1=O.CC.CC/C=C\C=C(C)C. The summed E-state index contributed by atoms with van der Waals surface area (Å²) in [5, 5.41) is 1.14. The number of rotatable bonds is 8. The number of allylic oxidation sites excluding steroid dienone is 8. The Morgan fingerprint density at radius 2 is 1.82 bits per heavy atom. The van der Waals surface area contributed by atoms with Gasteiger partial charge in [-0.25, -0.2) is 9.78 Å². The minimum Gasteiger partial charge on any atom is -0.448 e. The molecular weight excluding hydrogens is 490 g/mol. The van der Waals surface area contributed by atoms with Crippen molar-refractivity contribution >= 4 is 17.4 Å². The van der Waals surface area contributed by atoms with Gasteiger partial charge in [-0.1, -0.05) is 76.3 Å². The number of carbonyl (C=O) groups is 1. The van der Waals surface area contributed by atoms with Gasteiger partial charge in [0.2, 0.25) is 0 Å². The molecule has 1 aromatic rings. The number of aryl methyl sites for hydroxylation is 2. The molecule has 0 aliphatic carbocycles. The zero-order valence-electron chi connectivity index (χ0n) is 25.2. The Balaban J connectivity index is 0.000000620. The van der Waals surface area contributed by atoms with Gasteiger partial charge in [-0.05, 0) is 72.5 Å². The van der Waals surface area contributed by atoms with Crippen LogP contribution in [0.25, 0.3) is 0 Å². The van der Waals surface area contributed by atoms with Crippen molar-refractivity contribution in [1.29, 1.82) is 0 Å². The lowest BCUT2D eigenvalue weighted by Gasteiger charge is -2.46. The van der Waals surface area contributed by atoms with Crippen molar-refractivity contribution in [2.24, 2.45) is 5.41 Å². The van der Waals surface area contributed by atoms with Crippen molar-refractivity contribution in [3.05, 3.63) is 76.0 Å². The molecule has 0 aromatic carbocycles. The zero-order valence-corrected chi connectivity index (χ0v) is 26.0. The number of thiazole rings is 1. The van der Waals surface area contributed by atoms with Crippen molar-refractivity contribution in [2.75, 3.05) is 26.2 Å². The normalized spacial score (nSPS) is 17.5. The Hall–Kier alpha value is -2.44. The highest BCUT2D eigenvalue weighted by Gasteiger charge is 2.43. The van der Waals surface area contributed by atoms with Crippen LogP contribution in [-0.2, 0) is 11.3 Å². The average Bonchev–Trinajstić information content (AvgIpc) is 3.22. The third kappa shape index (κ3) is 11.1. The van der Waals surface area contributed by atoms with Crippen LogP contribution < -0.4 is 0 Å². The van der Waals surface area contributed by atoms with Gasteiger partial charge in [0.1, 0.15) is 6.61 Å². The number of hydrogen-bond donors (Lipinski definition) is 0. The largest absolute Gasteiger partial charge is 0.448 e. The van der Waals surface area contributed by atoms with E-state index in [0.717, 1.165) is 68.3 Å². The molecule has 0 N–H and O–H groups in total. The summed E-state index contributed by atoms with van der Waals surface area (Å²) in [6, 6.07) is 0. The second-order valence-electron chi connectivity index (χ2n) is 9.87. The summed E-state index contributed by atoms with van der Waals surface area (Å²) in [7, 11) is 0. The Kier molecular flexibility index (Phi) is 15.9. The second kappa shape index (κ2) is 18.0. The topological polar surface area (TPSA) is 45.7 Å². The van der Waals surface area contributed by atoms with Crippen LogP contribution in [0, 0.1) is 19.3 Å². The maximum atomic E-state index is 12.4. The van der Waals surface area contributed by atoms with E-state index in [1.165, 1.54) is 10.5 Å². The number of piperidine rings is 1. The molecule has 6 heteroatoms. The molecule has 0 radical (unpaired) electrons. The molecule has 1 spiro atoms. The lowest BCUT2D eigenvalue weighted by molar-refractivity contribution is -0.0298. The van der Waals surface area contributed by atoms with Crippen LogP contribution in [0.2, 0.25) is 0 Å². The van der Waals surface area contributed by atoms with Gasteiger partial charge in [0.25, 0.3) is 0 Å². The molecule has 1 aromatic heterocycles. The van der Waals surface area contributed by atoms with E-state index in [4.69, 9.17) is 4.74 Å². The highest BCUT2D eigenvalue weighted by atomic mass is 32.1. The predicted octanol–water partition coefficient (Wildman–Crippen LogP) is 8.78. The molecule has 0 atom stereocenters. The number of ether oxygens (including phenoxy) is 1. The van der Waals surface area contributed by atoms with Crippen LogP contribution in [0.1, 0.15) is 82.8 Å². The first-order chi connectivity index (χ1) is 18.2. The number of likely N-dealkylation sites (tertiary alicyclic amines) is 1. The van der Waals surface area contributed by atoms with E-state index >= 15 is 0 Å². The van der Waals surface area contributed by atoms with Crippen molar-refractivity contribution in [2.45, 2.75) is 87.6 Å². The molecule has 1 amide bonds. The summed E-state index contributed by atoms with van der Waals surface area (Å²) >= 11 is 1.80. The van der Waals surface area contributed by atoms with Gasteiger partial charge in [0, 0.05) is 29.1 Å². The molecule has 38 heavy (non-hydrogen) atoms. The van der Waals surface area contributed by atoms with Gasteiger partial charge in [-0.15, -0.1) is 11.3 Å². The molecule has 2 aliphatic rings. The molecule has 0 unspecified atom stereocenters. The van der Waals surface area contributed by atoms with E-state index in [9.17, 15) is 4.79 Å². The van der Waals surface area contributed by atoms with Gasteiger partial charge in [0.05, 0.1) is 10.7 Å². The van der Waals surface area contributed by atoms with Gasteiger partial charge in [-0.3, -0.25) is 9.80 Å². The standard InChI is InChI=1S/C22H31N3O2S.C8H14.C2H6/c1-5-7-9-19(8-6-2)25-15-22(16-27-21(25)26)10-12-24(13-11-22)14-20-17(3)23-18(4)28-20;1-4-5-6-7-8(2)3;1-2/h5,7-9H,1,6,10-16H2,2-4H3;5-7H,4H2,1-3H3;1-2H3/b9-7-,19-8+;6-5-;. The van der Waals surface area contributed by atoms with Crippen LogP contribution in [0.3, 0.4) is 0 Å². The summed E-state index contributed by atoms with van der Waals surface area (Å²) in [5.74, 6) is 0. The van der Waals surface area contributed by atoms with E-state index in [2.05, 4.69) is 82.3 Å². The quantitative estimate of drug-likeness (QED) is 0.309. The highest BCUT2D eigenvalue weighted by molar-refractivity contribution is 7.11. The minimum absolute atomic E-state index is 0.0396. The van der Waals surface area contributed by atoms with E-state index < -0.39 is 0 Å². The molecule has 0 bridgehead atoms. The third-order valence-corrected chi connectivity index (χ3v) is 7.49. The molecule has 212 valence electrons. The first-order valence-electron chi connectivity index (χ1n) is 14.1. The molecule has 3 rings (SSSR count). The summed E-state index contributed by atoms with van der Waals surface area (Å²) in [5.41, 5.74) is 3.46. The molecule has 3 heterocycles. The van der Waals surface area contributed by atoms with Crippen LogP contribution in [-0.4, -0.2) is 47.1 Å². The number of aromatic nitrogens is 1. The summed E-state index contributed by atoms with van der Waals surface area (Å²) in [6.45, 7) is 24.6. The van der Waals surface area contributed by atoms with Crippen molar-refractivity contribution < 1.29 is 9.53 Å². The van der Waals surface area contributed by atoms with Gasteiger partial charge >= 0.3 is 6.09 Å². The van der Waals surface area contributed by atoms with Crippen LogP contribution in [0.5, 0.6) is 0 Å². The predicted molar refractivity (Wildman–Crippen MR) is 165 cm³/mol. The first-order valence-corrected chi connectivity index (χ1v) is 14.9. The van der Waals surface area contributed by atoms with Crippen LogP contribution in [0.4, 0.5) is 4.79 Å². The van der Waals surface area contributed by atoms with E-state index in [0.29, 0.717) is 6.61 Å². The molecular formula is C32H51N3O2S. The Morgan fingerprint density at radius 1 is 1.13 bits per heavy atom. The molecule has 2 fully saturated rings. The zero-order chi connectivity index (χ0) is 28.6. The molecule has 5 nitrogen and oxygen atoms in total. The van der Waals surface area contributed by atoms with Crippen LogP contribution in [0.15, 0.2) is 60.4 Å². The van der Waals surface area contributed by atoms with Crippen LogP contribution >= 0.6 is 11.3 Å². The van der Waals surface area contributed by atoms with Gasteiger partial charge in [-0.2, -0.15) is 0 Å². The number of carbonyl (C=O) groups excluding carboxylic acids is 1. The maximum absolute atomic E-state index is 12.4. The summed E-state index contributed by atoms with van der Waals surface area (Å²) in [4.78, 5) is 22.7. The fourth-order valence-corrected chi connectivity index (χ4v) is 5.37. The second-order valence-corrected chi connectivity index (χ2v) is 11.2. The summed E-state index contributed by atoms with van der Waals surface area (Å²) in [6.07, 6.45) is 17.8. The lowest BCUT2D eigenvalue weighted by Crippen LogP contribution is -2.53. The smallest absolute Gasteiger partial charge is 0.414 e. The number of cyclic esters (lactones) is 1. The minimum atomic E-state index is -0.239. The monoisotopic (exact) mass is 541 g/mol. The van der Waals surface area contributed by atoms with Crippen molar-refractivity contribution in [3.63, 3.8) is 0 Å². The van der Waals surface area contributed by atoms with E-state index in [1.54, 1.807) is 22.3 Å². The van der Waals surface area contributed by atoms with Crippen molar-refractivity contribution in [1.82, 2.24) is 14.8 Å². The molecule has 2 saturated heterocycles. The fraction of sp³-hybridized carbons (Fsp3) is 0.562. The fourth-order valence-electron chi connectivity index (χ4n) is 4.39. The molecule has 0 saturated carbocycles. The number of hydrogen-bond acceptors (Lipinski definition) is 5. The number of amides is 1. The Labute approximate surface area is 236 Å².